The Hall–Kier alpha value is -3.26. The summed E-state index contributed by atoms with van der Waals surface area (Å²) in [5.41, 5.74) is 2.76. The highest BCUT2D eigenvalue weighted by molar-refractivity contribution is 7.91. The quantitative estimate of drug-likeness (QED) is 0.512. The number of nitrogens with zero attached hydrogens (tertiary/aromatic N) is 1. The lowest BCUT2D eigenvalue weighted by atomic mass is 10.1. The average Bonchev–Trinajstić information content (AvgIpc) is 2.66. The average molecular weight is 398 g/mol. The lowest BCUT2D eigenvalue weighted by Crippen LogP contribution is -2.26. The van der Waals surface area contributed by atoms with Crippen LogP contribution in [0.5, 0.6) is 5.75 Å². The summed E-state index contributed by atoms with van der Waals surface area (Å²) in [7, 11) is -3.51. The Bertz CT molecular complexity index is 1250. The van der Waals surface area contributed by atoms with E-state index in [2.05, 4.69) is 10.5 Å². The molecule has 1 aliphatic rings. The van der Waals surface area contributed by atoms with Crippen molar-refractivity contribution in [2.24, 2.45) is 5.10 Å². The van der Waals surface area contributed by atoms with E-state index in [1.807, 2.05) is 24.3 Å². The van der Waals surface area contributed by atoms with Crippen LogP contribution in [0.1, 0.15) is 22.3 Å². The summed E-state index contributed by atoms with van der Waals surface area (Å²) in [6, 6.07) is 13.6. The third-order valence-electron chi connectivity index (χ3n) is 4.60. The lowest BCUT2D eigenvalue weighted by molar-refractivity contribution is 0.0952. The van der Waals surface area contributed by atoms with E-state index < -0.39 is 21.6 Å². The molecule has 0 fully saturated rings. The molecule has 1 aliphatic heterocycles. The van der Waals surface area contributed by atoms with Gasteiger partial charge < -0.3 is 5.11 Å². The van der Waals surface area contributed by atoms with Crippen LogP contribution in [0.3, 0.4) is 0 Å². The van der Waals surface area contributed by atoms with E-state index in [0.717, 1.165) is 22.9 Å². The Labute approximate surface area is 160 Å². The van der Waals surface area contributed by atoms with E-state index >= 15 is 0 Å². The highest BCUT2D eigenvalue weighted by Gasteiger charge is 2.28. The van der Waals surface area contributed by atoms with Crippen molar-refractivity contribution in [2.75, 3.05) is 5.75 Å². The third kappa shape index (κ3) is 3.22. The second-order valence-corrected chi connectivity index (χ2v) is 8.50. The first-order valence-corrected chi connectivity index (χ1v) is 10.1. The predicted octanol–water partition coefficient (Wildman–Crippen LogP) is 3.00. The molecule has 4 rings (SSSR count). The molecule has 0 saturated heterocycles. The number of nitrogens with one attached hydrogen (secondary N) is 1. The van der Waals surface area contributed by atoms with Gasteiger partial charge in [-0.2, -0.15) is 5.10 Å². The highest BCUT2D eigenvalue weighted by Crippen LogP contribution is 2.27. The molecule has 3 aromatic carbocycles. The molecule has 2 N–H and O–H groups in total. The van der Waals surface area contributed by atoms with Crippen LogP contribution >= 0.6 is 0 Å². The SMILES string of the molecule is O=C(N/N=C1\CCS(=O)(=O)c2ccc(F)cc21)c1cc2ccccc2cc1O. The number of sulfone groups is 1. The highest BCUT2D eigenvalue weighted by atomic mass is 32.2. The fourth-order valence-electron chi connectivity index (χ4n) is 3.18. The molecule has 0 bridgehead atoms. The number of phenolic OH excluding ortho intramolecular Hbond substituents is 1. The van der Waals surface area contributed by atoms with Gasteiger partial charge >= 0.3 is 0 Å². The van der Waals surface area contributed by atoms with E-state index in [1.54, 1.807) is 6.07 Å². The first-order valence-electron chi connectivity index (χ1n) is 8.46. The zero-order chi connectivity index (χ0) is 19.9. The van der Waals surface area contributed by atoms with E-state index in [1.165, 1.54) is 12.1 Å². The summed E-state index contributed by atoms with van der Waals surface area (Å²) in [6.07, 6.45) is 0.0444. The van der Waals surface area contributed by atoms with Crippen LogP contribution in [0.2, 0.25) is 0 Å². The molecule has 0 spiro atoms. The van der Waals surface area contributed by atoms with Crippen LogP contribution in [0.15, 0.2) is 64.6 Å². The molecule has 0 radical (unpaired) electrons. The molecule has 3 aromatic rings. The van der Waals surface area contributed by atoms with Gasteiger partial charge in [-0.15, -0.1) is 0 Å². The van der Waals surface area contributed by atoms with Crippen LogP contribution in [0.4, 0.5) is 4.39 Å². The number of hydrazone groups is 1. The second-order valence-electron chi connectivity index (χ2n) is 6.43. The van der Waals surface area contributed by atoms with E-state index in [-0.39, 0.29) is 39.7 Å². The minimum atomic E-state index is -3.51. The van der Waals surface area contributed by atoms with Crippen molar-refractivity contribution in [3.8, 4) is 5.75 Å². The summed E-state index contributed by atoms with van der Waals surface area (Å²) < 4.78 is 37.9. The standard InChI is InChI=1S/C20H15FN2O4S/c21-14-5-6-19-15(11-14)17(7-8-28(19,26)27)22-23-20(25)16-9-12-3-1-2-4-13(12)10-18(16)24/h1-6,9-11,24H,7-8H2,(H,23,25)/b22-17+. The second kappa shape index (κ2) is 6.72. The first kappa shape index (κ1) is 18.1. The van der Waals surface area contributed by atoms with Crippen molar-refractivity contribution < 1.29 is 22.7 Å². The number of hydrogen-bond acceptors (Lipinski definition) is 5. The Kier molecular flexibility index (Phi) is 4.35. The Morgan fingerprint density at radius 1 is 1.07 bits per heavy atom. The number of carbonyl (C=O) groups is 1. The molecule has 0 saturated carbocycles. The number of phenols is 1. The van der Waals surface area contributed by atoms with Gasteiger partial charge in [0, 0.05) is 12.0 Å². The minimum absolute atomic E-state index is 0.0123. The molecule has 0 unspecified atom stereocenters. The predicted molar refractivity (Wildman–Crippen MR) is 103 cm³/mol. The molecular weight excluding hydrogens is 383 g/mol. The smallest absolute Gasteiger partial charge is 0.275 e. The number of amides is 1. The summed E-state index contributed by atoms with van der Waals surface area (Å²) in [5, 5.41) is 15.7. The summed E-state index contributed by atoms with van der Waals surface area (Å²) >= 11 is 0. The van der Waals surface area contributed by atoms with Crippen molar-refractivity contribution in [2.45, 2.75) is 11.3 Å². The van der Waals surface area contributed by atoms with Gasteiger partial charge in [-0.3, -0.25) is 4.79 Å². The molecule has 8 heteroatoms. The Morgan fingerprint density at radius 2 is 1.79 bits per heavy atom. The number of rotatable bonds is 2. The third-order valence-corrected chi connectivity index (χ3v) is 6.36. The zero-order valence-electron chi connectivity index (χ0n) is 14.5. The minimum Gasteiger partial charge on any atom is -0.507 e. The van der Waals surface area contributed by atoms with Gasteiger partial charge in [0.05, 0.1) is 21.9 Å². The van der Waals surface area contributed by atoms with Crippen LogP contribution in [-0.4, -0.2) is 30.9 Å². The summed E-state index contributed by atoms with van der Waals surface area (Å²) in [5.74, 6) is -1.63. The van der Waals surface area contributed by atoms with Gasteiger partial charge in [-0.1, -0.05) is 24.3 Å². The van der Waals surface area contributed by atoms with Crippen molar-refractivity contribution >= 4 is 32.2 Å². The summed E-state index contributed by atoms with van der Waals surface area (Å²) in [4.78, 5) is 12.5. The van der Waals surface area contributed by atoms with Crippen molar-refractivity contribution in [3.63, 3.8) is 0 Å². The van der Waals surface area contributed by atoms with Gasteiger partial charge in [-0.05, 0) is 41.1 Å². The Morgan fingerprint density at radius 3 is 2.54 bits per heavy atom. The molecule has 28 heavy (non-hydrogen) atoms. The van der Waals surface area contributed by atoms with Gasteiger partial charge in [0.15, 0.2) is 9.84 Å². The number of carbonyl (C=O) groups excluding carboxylic acids is 1. The topological polar surface area (TPSA) is 95.8 Å². The lowest BCUT2D eigenvalue weighted by Gasteiger charge is -2.18. The van der Waals surface area contributed by atoms with Crippen LogP contribution in [-0.2, 0) is 9.84 Å². The maximum absolute atomic E-state index is 13.6. The first-order chi connectivity index (χ1) is 13.3. The molecule has 1 amide bonds. The maximum atomic E-state index is 13.6. The van der Waals surface area contributed by atoms with Crippen molar-refractivity contribution in [1.82, 2.24) is 5.43 Å². The van der Waals surface area contributed by atoms with E-state index in [0.29, 0.717) is 0 Å². The molecule has 0 atom stereocenters. The normalized spacial score (nSPS) is 16.7. The molecule has 142 valence electrons. The molecule has 0 aliphatic carbocycles. The number of hydrogen-bond donors (Lipinski definition) is 2. The van der Waals surface area contributed by atoms with Crippen LogP contribution in [0.25, 0.3) is 10.8 Å². The van der Waals surface area contributed by atoms with Gasteiger partial charge in [0.1, 0.15) is 11.6 Å². The van der Waals surface area contributed by atoms with Gasteiger partial charge in [-0.25, -0.2) is 18.2 Å². The van der Waals surface area contributed by atoms with E-state index in [9.17, 15) is 22.7 Å². The number of halogens is 1. The Balaban J connectivity index is 1.67. The van der Waals surface area contributed by atoms with Gasteiger partial charge in [0.2, 0.25) is 0 Å². The van der Waals surface area contributed by atoms with Gasteiger partial charge in [0.25, 0.3) is 5.91 Å². The number of aromatic hydroxyl groups is 1. The molecule has 0 aromatic heterocycles. The van der Waals surface area contributed by atoms with Crippen molar-refractivity contribution in [3.05, 3.63) is 71.5 Å². The van der Waals surface area contributed by atoms with Crippen molar-refractivity contribution in [1.29, 1.82) is 0 Å². The fourth-order valence-corrected chi connectivity index (χ4v) is 4.65. The molecule has 6 nitrogen and oxygen atoms in total. The van der Waals surface area contributed by atoms with Crippen LogP contribution in [0, 0.1) is 5.82 Å². The molecular formula is C20H15FN2O4S. The number of benzene rings is 3. The van der Waals surface area contributed by atoms with Crippen LogP contribution < -0.4 is 5.43 Å². The zero-order valence-corrected chi connectivity index (χ0v) is 15.3. The molecule has 1 heterocycles. The van der Waals surface area contributed by atoms with E-state index in [4.69, 9.17) is 0 Å². The largest absolute Gasteiger partial charge is 0.507 e. The fraction of sp³-hybridized carbons (Fsp3) is 0.100. The summed E-state index contributed by atoms with van der Waals surface area (Å²) in [6.45, 7) is 0. The number of fused-ring (bicyclic) bond motifs is 2. The maximum Gasteiger partial charge on any atom is 0.275 e. The monoisotopic (exact) mass is 398 g/mol.